The molecule has 1 amide bonds. The molecule has 0 fully saturated rings. The number of hydrogen-bond acceptors (Lipinski definition) is 4. The highest BCUT2D eigenvalue weighted by Crippen LogP contribution is 2.18. The number of imidazole rings is 1. The highest BCUT2D eigenvalue weighted by Gasteiger charge is 2.18. The number of nitrogens with one attached hydrogen (secondary N) is 1. The predicted octanol–water partition coefficient (Wildman–Crippen LogP) is 3.38. The second-order valence-electron chi connectivity index (χ2n) is 7.45. The van der Waals surface area contributed by atoms with Crippen molar-refractivity contribution >= 4 is 17.1 Å². The van der Waals surface area contributed by atoms with E-state index < -0.39 is 0 Å². The first-order valence-corrected chi connectivity index (χ1v) is 10.0. The smallest absolute Gasteiger partial charge is 0.335 e. The van der Waals surface area contributed by atoms with Crippen LogP contribution in [0, 0.1) is 6.92 Å². The van der Waals surface area contributed by atoms with E-state index in [2.05, 4.69) is 10.3 Å². The maximum atomic E-state index is 13.2. The number of nitrogens with zero attached hydrogens (tertiary/aromatic N) is 3. The number of aryl methyl sites for hydroxylation is 1. The average Bonchev–Trinajstić information content (AvgIpc) is 3.06. The lowest BCUT2D eigenvalue weighted by Gasteiger charge is -2.15. The molecule has 0 saturated heterocycles. The number of methoxy groups -OCH3 is 1. The molecule has 0 spiro atoms. The quantitative estimate of drug-likeness (QED) is 0.523. The van der Waals surface area contributed by atoms with Crippen LogP contribution in [0.1, 0.15) is 24.1 Å². The van der Waals surface area contributed by atoms with Crippen LogP contribution >= 0.6 is 0 Å². The van der Waals surface area contributed by atoms with Crippen molar-refractivity contribution in [3.8, 4) is 11.4 Å². The molecule has 0 bridgehead atoms. The molecule has 0 aliphatic carbocycles. The number of pyridine rings is 1. The Morgan fingerprint density at radius 3 is 2.48 bits per heavy atom. The molecule has 0 radical (unpaired) electrons. The van der Waals surface area contributed by atoms with Crippen LogP contribution in [-0.2, 0) is 11.3 Å². The molecule has 1 atom stereocenters. The Morgan fingerprint density at radius 2 is 1.81 bits per heavy atom. The highest BCUT2D eigenvalue weighted by atomic mass is 16.5. The van der Waals surface area contributed by atoms with Gasteiger partial charge in [0.15, 0.2) is 5.65 Å². The van der Waals surface area contributed by atoms with Crippen molar-refractivity contribution in [1.82, 2.24) is 19.4 Å². The van der Waals surface area contributed by atoms with E-state index >= 15 is 0 Å². The van der Waals surface area contributed by atoms with Crippen LogP contribution in [0.5, 0.6) is 5.75 Å². The fourth-order valence-electron chi connectivity index (χ4n) is 3.57. The second kappa shape index (κ2) is 8.47. The van der Waals surface area contributed by atoms with Crippen LogP contribution in [0.2, 0.25) is 0 Å². The van der Waals surface area contributed by atoms with Crippen LogP contribution in [0.25, 0.3) is 16.9 Å². The molecule has 0 saturated carbocycles. The third-order valence-corrected chi connectivity index (χ3v) is 5.28. The van der Waals surface area contributed by atoms with E-state index in [9.17, 15) is 9.59 Å². The summed E-state index contributed by atoms with van der Waals surface area (Å²) < 4.78 is 8.17. The number of ether oxygens (including phenoxy) is 1. The van der Waals surface area contributed by atoms with E-state index in [1.54, 1.807) is 25.4 Å². The molecule has 7 heteroatoms. The lowest BCUT2D eigenvalue weighted by atomic mass is 10.1. The van der Waals surface area contributed by atoms with Crippen LogP contribution in [0.15, 0.2) is 71.7 Å². The fourth-order valence-corrected chi connectivity index (χ4v) is 3.57. The predicted molar refractivity (Wildman–Crippen MR) is 120 cm³/mol. The summed E-state index contributed by atoms with van der Waals surface area (Å²) in [6.07, 6.45) is 1.64. The summed E-state index contributed by atoms with van der Waals surface area (Å²) in [7, 11) is 1.61. The summed E-state index contributed by atoms with van der Waals surface area (Å²) in [5.74, 6) is 0.502. The number of hydrogen-bond donors (Lipinski definition) is 1. The summed E-state index contributed by atoms with van der Waals surface area (Å²) in [6, 6.07) is 18.5. The zero-order valence-electron chi connectivity index (χ0n) is 17.7. The van der Waals surface area contributed by atoms with E-state index in [4.69, 9.17) is 4.74 Å². The third kappa shape index (κ3) is 4.07. The molecule has 2 aromatic heterocycles. The van der Waals surface area contributed by atoms with E-state index in [0.29, 0.717) is 16.9 Å². The van der Waals surface area contributed by atoms with Crippen molar-refractivity contribution in [3.63, 3.8) is 0 Å². The van der Waals surface area contributed by atoms with Gasteiger partial charge in [-0.3, -0.25) is 9.36 Å². The summed E-state index contributed by atoms with van der Waals surface area (Å²) >= 11 is 0. The van der Waals surface area contributed by atoms with Gasteiger partial charge in [0, 0.05) is 6.20 Å². The molecule has 0 aliphatic heterocycles. The molecule has 158 valence electrons. The van der Waals surface area contributed by atoms with Crippen LogP contribution in [0.4, 0.5) is 0 Å². The Bertz CT molecular complexity index is 1270. The van der Waals surface area contributed by atoms with Gasteiger partial charge in [0.25, 0.3) is 0 Å². The molecular formula is C24H24N4O3. The SMILES string of the molecule is COc1ccc(C(C)NC(=O)Cn2c(=O)n(-c3ccc(C)cc3)c3ncccc32)cc1. The number of aromatic nitrogens is 3. The van der Waals surface area contributed by atoms with E-state index in [-0.39, 0.29) is 24.2 Å². The first-order chi connectivity index (χ1) is 15.0. The topological polar surface area (TPSA) is 78.1 Å². The van der Waals surface area contributed by atoms with Crippen LogP contribution in [-0.4, -0.2) is 27.1 Å². The maximum Gasteiger partial charge on any atom is 0.335 e. The minimum absolute atomic E-state index is 0.0968. The molecule has 0 aliphatic rings. The highest BCUT2D eigenvalue weighted by molar-refractivity contribution is 5.80. The Labute approximate surface area is 179 Å². The van der Waals surface area contributed by atoms with Crippen molar-refractivity contribution in [2.24, 2.45) is 0 Å². The Morgan fingerprint density at radius 1 is 1.10 bits per heavy atom. The normalized spacial score (nSPS) is 12.0. The van der Waals surface area contributed by atoms with Gasteiger partial charge in [-0.05, 0) is 55.8 Å². The van der Waals surface area contributed by atoms with Crippen molar-refractivity contribution in [3.05, 3.63) is 88.5 Å². The fraction of sp³-hybridized carbons (Fsp3) is 0.208. The molecule has 2 heterocycles. The van der Waals surface area contributed by atoms with Crippen molar-refractivity contribution in [1.29, 1.82) is 0 Å². The molecular weight excluding hydrogens is 392 g/mol. The monoisotopic (exact) mass is 416 g/mol. The van der Waals surface area contributed by atoms with Gasteiger partial charge in [-0.1, -0.05) is 29.8 Å². The van der Waals surface area contributed by atoms with Gasteiger partial charge in [0.1, 0.15) is 12.3 Å². The van der Waals surface area contributed by atoms with Crippen LogP contribution in [0.3, 0.4) is 0 Å². The van der Waals surface area contributed by atoms with Gasteiger partial charge in [0.2, 0.25) is 5.91 Å². The summed E-state index contributed by atoms with van der Waals surface area (Å²) in [4.78, 5) is 30.4. The van der Waals surface area contributed by atoms with Crippen molar-refractivity contribution in [2.75, 3.05) is 7.11 Å². The minimum atomic E-state index is -0.301. The average molecular weight is 416 g/mol. The molecule has 31 heavy (non-hydrogen) atoms. The second-order valence-corrected chi connectivity index (χ2v) is 7.45. The number of rotatable bonds is 6. The zero-order valence-corrected chi connectivity index (χ0v) is 17.7. The zero-order chi connectivity index (χ0) is 22.0. The minimum Gasteiger partial charge on any atom is -0.497 e. The number of carbonyl (C=O) groups excluding carboxylic acids is 1. The summed E-state index contributed by atoms with van der Waals surface area (Å²) in [6.45, 7) is 3.79. The Balaban J connectivity index is 1.62. The van der Waals surface area contributed by atoms with E-state index in [0.717, 1.165) is 16.9 Å². The first kappa shape index (κ1) is 20.4. The molecule has 4 rings (SSSR count). The van der Waals surface area contributed by atoms with Crippen LogP contribution < -0.4 is 15.7 Å². The standard InChI is InChI=1S/C24H24N4O3/c1-16-6-10-19(11-7-16)28-23-21(5-4-14-25-23)27(24(28)30)15-22(29)26-17(2)18-8-12-20(31-3)13-9-18/h4-14,17H,15H2,1-3H3,(H,26,29). The molecule has 1 N–H and O–H groups in total. The Kier molecular flexibility index (Phi) is 5.58. The largest absolute Gasteiger partial charge is 0.497 e. The molecule has 1 unspecified atom stereocenters. The molecule has 2 aromatic carbocycles. The van der Waals surface area contributed by atoms with Gasteiger partial charge in [-0.2, -0.15) is 0 Å². The number of amides is 1. The summed E-state index contributed by atoms with van der Waals surface area (Å²) in [5.41, 5.74) is 3.59. The number of carbonyl (C=O) groups is 1. The van der Waals surface area contributed by atoms with Gasteiger partial charge in [0.05, 0.1) is 24.4 Å². The first-order valence-electron chi connectivity index (χ1n) is 10.0. The Hall–Kier alpha value is -3.87. The maximum absolute atomic E-state index is 13.2. The van der Waals surface area contributed by atoms with E-state index in [1.165, 1.54) is 9.13 Å². The molecule has 7 nitrogen and oxygen atoms in total. The lowest BCUT2D eigenvalue weighted by Crippen LogP contribution is -2.34. The lowest BCUT2D eigenvalue weighted by molar-refractivity contribution is -0.122. The van der Waals surface area contributed by atoms with Gasteiger partial charge in [-0.25, -0.2) is 14.3 Å². The molecule has 4 aromatic rings. The van der Waals surface area contributed by atoms with Gasteiger partial charge < -0.3 is 10.1 Å². The van der Waals surface area contributed by atoms with Crippen molar-refractivity contribution < 1.29 is 9.53 Å². The number of fused-ring (bicyclic) bond motifs is 1. The third-order valence-electron chi connectivity index (χ3n) is 5.28. The summed E-state index contributed by atoms with van der Waals surface area (Å²) in [5, 5.41) is 2.96. The van der Waals surface area contributed by atoms with Crippen molar-refractivity contribution in [2.45, 2.75) is 26.4 Å². The van der Waals surface area contributed by atoms with Gasteiger partial charge >= 0.3 is 5.69 Å². The van der Waals surface area contributed by atoms with Gasteiger partial charge in [-0.15, -0.1) is 0 Å². The number of benzene rings is 2. The van der Waals surface area contributed by atoms with E-state index in [1.807, 2.05) is 62.4 Å².